The molecule has 1 amide bonds. The smallest absolute Gasteiger partial charge is 0.226 e. The molecule has 0 saturated carbocycles. The van der Waals surface area contributed by atoms with Crippen LogP contribution in [0.4, 0.5) is 10.8 Å². The van der Waals surface area contributed by atoms with Gasteiger partial charge in [0.05, 0.1) is 0 Å². The van der Waals surface area contributed by atoms with E-state index in [9.17, 15) is 4.79 Å². The lowest BCUT2D eigenvalue weighted by molar-refractivity contribution is -0.116. The Kier molecular flexibility index (Phi) is 6.61. The van der Waals surface area contributed by atoms with Crippen molar-refractivity contribution < 1.29 is 4.79 Å². The number of hydrogen-bond acceptors (Lipinski definition) is 6. The number of carbonyl (C=O) groups excluding carboxylic acids is 1. The van der Waals surface area contributed by atoms with Crippen LogP contribution in [0.15, 0.2) is 41.3 Å². The number of nitrogens with zero attached hydrogens (tertiary/aromatic N) is 3. The molecule has 2 aromatic rings. The molecule has 122 valence electrons. The number of carbonyl (C=O) groups is 1. The summed E-state index contributed by atoms with van der Waals surface area (Å²) in [6.07, 6.45) is 2.94. The second-order valence-corrected chi connectivity index (χ2v) is 7.33. The van der Waals surface area contributed by atoms with Gasteiger partial charge in [0.2, 0.25) is 11.0 Å². The number of benzene rings is 1. The maximum absolute atomic E-state index is 12.0. The quantitative estimate of drug-likeness (QED) is 0.450. The van der Waals surface area contributed by atoms with Gasteiger partial charge in [-0.05, 0) is 24.1 Å². The first-order chi connectivity index (χ1) is 11.1. The van der Waals surface area contributed by atoms with E-state index < -0.39 is 0 Å². The number of aromatic nitrogens is 2. The van der Waals surface area contributed by atoms with Crippen LogP contribution in [0, 0.1) is 0 Å². The Morgan fingerprint density at radius 3 is 2.74 bits per heavy atom. The zero-order valence-electron chi connectivity index (χ0n) is 13.3. The minimum atomic E-state index is -0.0434. The van der Waals surface area contributed by atoms with E-state index in [0.29, 0.717) is 18.0 Å². The highest BCUT2D eigenvalue weighted by Crippen LogP contribution is 2.25. The van der Waals surface area contributed by atoms with Crippen molar-refractivity contribution in [3.63, 3.8) is 0 Å². The summed E-state index contributed by atoms with van der Waals surface area (Å²) in [5.74, 6) is 0.740. The molecule has 1 N–H and O–H groups in total. The second-order valence-electron chi connectivity index (χ2n) is 5.08. The van der Waals surface area contributed by atoms with E-state index in [2.05, 4.69) is 46.4 Å². The maximum atomic E-state index is 12.0. The van der Waals surface area contributed by atoms with Crippen molar-refractivity contribution in [1.29, 1.82) is 0 Å². The largest absolute Gasteiger partial charge is 0.378 e. The first-order valence-corrected chi connectivity index (χ1v) is 9.02. The minimum absolute atomic E-state index is 0.0434. The van der Waals surface area contributed by atoms with Crippen molar-refractivity contribution in [2.45, 2.75) is 17.2 Å². The van der Waals surface area contributed by atoms with Gasteiger partial charge < -0.3 is 10.2 Å². The summed E-state index contributed by atoms with van der Waals surface area (Å²) in [6.45, 7) is 3.66. The van der Waals surface area contributed by atoms with Gasteiger partial charge in [0, 0.05) is 32.0 Å². The molecule has 0 bridgehead atoms. The Balaban J connectivity index is 1.80. The van der Waals surface area contributed by atoms with E-state index in [0.717, 1.165) is 21.3 Å². The molecular formula is C16H20N4OS2. The molecule has 0 unspecified atom stereocenters. The molecule has 0 spiro atoms. The van der Waals surface area contributed by atoms with E-state index >= 15 is 0 Å². The first-order valence-electron chi connectivity index (χ1n) is 7.22. The number of amides is 1. The summed E-state index contributed by atoms with van der Waals surface area (Å²) >= 11 is 2.94. The van der Waals surface area contributed by atoms with Gasteiger partial charge in [0.15, 0.2) is 4.34 Å². The van der Waals surface area contributed by atoms with E-state index in [1.807, 2.05) is 25.1 Å². The van der Waals surface area contributed by atoms with Crippen molar-refractivity contribution in [3.8, 4) is 0 Å². The van der Waals surface area contributed by atoms with Gasteiger partial charge >= 0.3 is 0 Å². The van der Waals surface area contributed by atoms with Crippen LogP contribution in [0.5, 0.6) is 0 Å². The molecular weight excluding hydrogens is 328 g/mol. The van der Waals surface area contributed by atoms with Crippen LogP contribution in [0.25, 0.3) is 0 Å². The van der Waals surface area contributed by atoms with Crippen LogP contribution in [-0.2, 0) is 11.2 Å². The average Bonchev–Trinajstić information content (AvgIpc) is 2.98. The van der Waals surface area contributed by atoms with Crippen LogP contribution in [0.2, 0.25) is 0 Å². The number of nitrogens with one attached hydrogen (secondary N) is 1. The van der Waals surface area contributed by atoms with Crippen molar-refractivity contribution in [2.24, 2.45) is 0 Å². The predicted molar refractivity (Wildman–Crippen MR) is 98.5 cm³/mol. The van der Waals surface area contributed by atoms with Gasteiger partial charge in [-0.2, -0.15) is 0 Å². The maximum Gasteiger partial charge on any atom is 0.226 e. The van der Waals surface area contributed by atoms with Gasteiger partial charge in [-0.25, -0.2) is 0 Å². The molecule has 1 aromatic carbocycles. The summed E-state index contributed by atoms with van der Waals surface area (Å²) in [6, 6.07) is 8.22. The molecule has 0 aliphatic carbocycles. The Morgan fingerprint density at radius 1 is 1.35 bits per heavy atom. The molecule has 1 heterocycles. The lowest BCUT2D eigenvalue weighted by Crippen LogP contribution is -2.12. The lowest BCUT2D eigenvalue weighted by atomic mass is 10.1. The van der Waals surface area contributed by atoms with Gasteiger partial charge in [-0.15, -0.1) is 16.8 Å². The summed E-state index contributed by atoms with van der Waals surface area (Å²) in [7, 11) is 4.01. The Hall–Kier alpha value is -1.86. The molecule has 0 fully saturated rings. The fraction of sp³-hybridized carbons (Fsp3) is 0.312. The summed E-state index contributed by atoms with van der Waals surface area (Å²) < 4.78 is 0.833. The van der Waals surface area contributed by atoms with E-state index in [1.54, 1.807) is 11.8 Å². The first kappa shape index (κ1) is 17.5. The summed E-state index contributed by atoms with van der Waals surface area (Å²) in [4.78, 5) is 14.0. The predicted octanol–water partition coefficient (Wildman–Crippen LogP) is 3.45. The zero-order chi connectivity index (χ0) is 16.7. The monoisotopic (exact) mass is 348 g/mol. The highest BCUT2D eigenvalue weighted by atomic mass is 32.2. The van der Waals surface area contributed by atoms with Crippen molar-refractivity contribution in [3.05, 3.63) is 42.5 Å². The van der Waals surface area contributed by atoms with Crippen molar-refractivity contribution in [1.82, 2.24) is 10.2 Å². The molecule has 0 aliphatic heterocycles. The van der Waals surface area contributed by atoms with Crippen molar-refractivity contribution in [2.75, 3.05) is 30.1 Å². The van der Waals surface area contributed by atoms with Gasteiger partial charge in [-0.1, -0.05) is 41.3 Å². The van der Waals surface area contributed by atoms with Gasteiger partial charge in [0.25, 0.3) is 0 Å². The lowest BCUT2D eigenvalue weighted by Gasteiger charge is -2.12. The normalized spacial score (nSPS) is 10.3. The highest BCUT2D eigenvalue weighted by molar-refractivity contribution is 8.01. The Bertz CT molecular complexity index is 652. The fourth-order valence-electron chi connectivity index (χ4n) is 1.85. The molecule has 0 saturated heterocycles. The van der Waals surface area contributed by atoms with Crippen molar-refractivity contribution >= 4 is 39.8 Å². The zero-order valence-corrected chi connectivity index (χ0v) is 14.9. The third-order valence-corrected chi connectivity index (χ3v) is 5.04. The van der Waals surface area contributed by atoms with E-state index in [4.69, 9.17) is 0 Å². The minimum Gasteiger partial charge on any atom is -0.378 e. The second kappa shape index (κ2) is 8.69. The van der Waals surface area contributed by atoms with Crippen LogP contribution < -0.4 is 10.2 Å². The number of rotatable bonds is 8. The summed E-state index contributed by atoms with van der Waals surface area (Å²) in [5.41, 5.74) is 2.29. The van der Waals surface area contributed by atoms with Gasteiger partial charge in [0.1, 0.15) is 0 Å². The number of aryl methyl sites for hydroxylation is 1. The molecule has 0 atom stereocenters. The van der Waals surface area contributed by atoms with Crippen LogP contribution in [-0.4, -0.2) is 36.0 Å². The van der Waals surface area contributed by atoms with E-state index in [-0.39, 0.29) is 5.91 Å². The van der Waals surface area contributed by atoms with Gasteiger partial charge in [-0.3, -0.25) is 4.79 Å². The molecule has 0 aliphatic rings. The molecule has 0 radical (unpaired) electrons. The van der Waals surface area contributed by atoms with Crippen LogP contribution in [0.3, 0.4) is 0 Å². The average molecular weight is 348 g/mol. The Morgan fingerprint density at radius 2 is 2.09 bits per heavy atom. The third kappa shape index (κ3) is 5.69. The van der Waals surface area contributed by atoms with Crippen LogP contribution in [0.1, 0.15) is 12.0 Å². The number of thioether (sulfide) groups is 1. The fourth-order valence-corrected chi connectivity index (χ4v) is 3.38. The molecule has 1 aromatic heterocycles. The standard InChI is InChI=1S/C16H20N4OS2/c1-4-11-22-16-19-18-15(23-16)17-14(21)10-7-12-5-8-13(9-6-12)20(2)3/h4-6,8-9H,1,7,10-11H2,2-3H3,(H,17,18,21). The molecule has 2 rings (SSSR count). The Labute approximate surface area is 144 Å². The topological polar surface area (TPSA) is 58.1 Å². The molecule has 5 nitrogen and oxygen atoms in total. The summed E-state index contributed by atoms with van der Waals surface area (Å²) in [5, 5.41) is 11.3. The molecule has 7 heteroatoms. The third-order valence-electron chi connectivity index (χ3n) is 3.07. The number of hydrogen-bond donors (Lipinski definition) is 1. The van der Waals surface area contributed by atoms with E-state index in [1.165, 1.54) is 11.3 Å². The highest BCUT2D eigenvalue weighted by Gasteiger charge is 2.08. The number of anilines is 2. The van der Waals surface area contributed by atoms with Crippen LogP contribution >= 0.6 is 23.1 Å². The SMILES string of the molecule is C=CCSc1nnc(NC(=O)CCc2ccc(N(C)C)cc2)s1. The molecule has 23 heavy (non-hydrogen) atoms.